The third kappa shape index (κ3) is 3.42. The monoisotopic (exact) mass is 326 g/mol. The van der Waals surface area contributed by atoms with Crippen LogP contribution in [0.5, 0.6) is 0 Å². The number of halogens is 1. The third-order valence-corrected chi connectivity index (χ3v) is 4.03. The van der Waals surface area contributed by atoms with E-state index < -0.39 is 0 Å². The maximum atomic E-state index is 13.0. The van der Waals surface area contributed by atoms with Gasteiger partial charge in [0.1, 0.15) is 5.82 Å². The van der Waals surface area contributed by atoms with Crippen LogP contribution in [0.4, 0.5) is 10.3 Å². The molecule has 1 amide bonds. The van der Waals surface area contributed by atoms with E-state index in [1.807, 2.05) is 19.0 Å². The van der Waals surface area contributed by atoms with E-state index in [0.29, 0.717) is 12.5 Å². The number of amides is 1. The van der Waals surface area contributed by atoms with Crippen molar-refractivity contribution < 1.29 is 9.18 Å². The molecule has 6 heteroatoms. The highest BCUT2D eigenvalue weighted by atomic mass is 19.1. The van der Waals surface area contributed by atoms with Gasteiger partial charge in [-0.05, 0) is 30.2 Å². The summed E-state index contributed by atoms with van der Waals surface area (Å²) in [4.78, 5) is 24.3. The van der Waals surface area contributed by atoms with Gasteiger partial charge in [-0.15, -0.1) is 0 Å². The Balaban J connectivity index is 1.65. The molecule has 1 saturated heterocycles. The number of anilines is 1. The predicted octanol–water partition coefficient (Wildman–Crippen LogP) is 2.67. The molecule has 3 rings (SSSR count). The summed E-state index contributed by atoms with van der Waals surface area (Å²) in [6.45, 7) is 0.710. The molecule has 1 aromatic carbocycles. The first-order valence-electron chi connectivity index (χ1n) is 7.78. The number of rotatable bonds is 4. The summed E-state index contributed by atoms with van der Waals surface area (Å²) >= 11 is 0. The van der Waals surface area contributed by atoms with Crippen molar-refractivity contribution in [3.63, 3.8) is 0 Å². The molecule has 2 heterocycles. The highest BCUT2D eigenvalue weighted by Gasteiger charge is 2.31. The van der Waals surface area contributed by atoms with Crippen molar-refractivity contribution in [2.45, 2.75) is 12.5 Å². The molecule has 1 aromatic heterocycles. The van der Waals surface area contributed by atoms with Crippen molar-refractivity contribution >= 4 is 17.9 Å². The van der Waals surface area contributed by atoms with Gasteiger partial charge < -0.3 is 9.80 Å². The topological polar surface area (TPSA) is 49.3 Å². The van der Waals surface area contributed by atoms with Crippen LogP contribution in [0.15, 0.2) is 42.7 Å². The van der Waals surface area contributed by atoms with E-state index in [0.717, 1.165) is 17.5 Å². The number of carbonyl (C=O) groups is 1. The number of hydrogen-bond donors (Lipinski definition) is 0. The molecular formula is C18H19FN4O. The molecule has 0 spiro atoms. The van der Waals surface area contributed by atoms with Gasteiger partial charge in [0.2, 0.25) is 11.9 Å². The normalized spacial score (nSPS) is 17.0. The second-order valence-corrected chi connectivity index (χ2v) is 5.93. The summed E-state index contributed by atoms with van der Waals surface area (Å²) in [5.41, 5.74) is 1.73. The first kappa shape index (κ1) is 16.1. The Morgan fingerprint density at radius 2 is 1.92 bits per heavy atom. The number of hydrogen-bond acceptors (Lipinski definition) is 4. The quantitative estimate of drug-likeness (QED) is 0.811. The summed E-state index contributed by atoms with van der Waals surface area (Å²) in [6, 6.07) is 6.34. The molecule has 5 nitrogen and oxygen atoms in total. The van der Waals surface area contributed by atoms with Crippen molar-refractivity contribution in [2.24, 2.45) is 0 Å². The lowest BCUT2D eigenvalue weighted by Crippen LogP contribution is -2.44. The molecular weight excluding hydrogens is 307 g/mol. The van der Waals surface area contributed by atoms with Crippen LogP contribution in [0.2, 0.25) is 0 Å². The maximum absolute atomic E-state index is 13.0. The molecule has 124 valence electrons. The Morgan fingerprint density at radius 1 is 1.25 bits per heavy atom. The molecule has 1 atom stereocenters. The van der Waals surface area contributed by atoms with E-state index in [-0.39, 0.29) is 17.8 Å². The lowest BCUT2D eigenvalue weighted by atomic mass is 9.94. The Kier molecular flexibility index (Phi) is 4.55. The van der Waals surface area contributed by atoms with Gasteiger partial charge in [0.15, 0.2) is 0 Å². The van der Waals surface area contributed by atoms with Crippen molar-refractivity contribution in [1.82, 2.24) is 14.9 Å². The molecule has 0 saturated carbocycles. The van der Waals surface area contributed by atoms with Crippen LogP contribution in [0, 0.1) is 5.82 Å². The number of aromatic nitrogens is 2. The zero-order chi connectivity index (χ0) is 17.1. The molecule has 24 heavy (non-hydrogen) atoms. The molecule has 0 bridgehead atoms. The number of carbonyl (C=O) groups excluding carboxylic acids is 1. The minimum absolute atomic E-state index is 0.0233. The van der Waals surface area contributed by atoms with Crippen LogP contribution in [0.3, 0.4) is 0 Å². The van der Waals surface area contributed by atoms with Crippen LogP contribution in [-0.4, -0.2) is 41.4 Å². The van der Waals surface area contributed by atoms with Gasteiger partial charge in [-0.2, -0.15) is 0 Å². The standard InChI is InChI=1S/C18H19FN4O/c1-22(2)18-20-11-13(12-21-18)3-8-17(24)23-10-9-16(23)14-4-6-15(19)7-5-14/h3-8,11-12,16H,9-10H2,1-2H3. The van der Waals surface area contributed by atoms with Gasteiger partial charge in [0.05, 0.1) is 6.04 Å². The van der Waals surface area contributed by atoms with Crippen LogP contribution < -0.4 is 4.90 Å². The third-order valence-electron chi connectivity index (χ3n) is 4.03. The van der Waals surface area contributed by atoms with Gasteiger partial charge >= 0.3 is 0 Å². The zero-order valence-electron chi connectivity index (χ0n) is 13.7. The van der Waals surface area contributed by atoms with Crippen molar-refractivity contribution in [3.8, 4) is 0 Å². The van der Waals surface area contributed by atoms with Crippen LogP contribution in [0.1, 0.15) is 23.6 Å². The average molecular weight is 326 g/mol. The van der Waals surface area contributed by atoms with E-state index in [2.05, 4.69) is 9.97 Å². The molecule has 0 aliphatic carbocycles. The van der Waals surface area contributed by atoms with Gasteiger partial charge in [0, 0.05) is 44.7 Å². The lowest BCUT2D eigenvalue weighted by molar-refractivity contribution is -0.133. The molecule has 2 aromatic rings. The van der Waals surface area contributed by atoms with Gasteiger partial charge in [-0.3, -0.25) is 4.79 Å². The zero-order valence-corrected chi connectivity index (χ0v) is 13.7. The Morgan fingerprint density at radius 3 is 2.46 bits per heavy atom. The molecule has 1 aliphatic heterocycles. The van der Waals surface area contributed by atoms with E-state index in [1.54, 1.807) is 35.5 Å². The maximum Gasteiger partial charge on any atom is 0.247 e. The largest absolute Gasteiger partial charge is 0.347 e. The fourth-order valence-corrected chi connectivity index (χ4v) is 2.59. The fraction of sp³-hybridized carbons (Fsp3) is 0.278. The van der Waals surface area contributed by atoms with Gasteiger partial charge in [0.25, 0.3) is 0 Å². The highest BCUT2D eigenvalue weighted by molar-refractivity contribution is 5.92. The predicted molar refractivity (Wildman–Crippen MR) is 90.9 cm³/mol. The van der Waals surface area contributed by atoms with Crippen molar-refractivity contribution in [2.75, 3.05) is 25.5 Å². The minimum atomic E-state index is -0.267. The van der Waals surface area contributed by atoms with Crippen molar-refractivity contribution in [1.29, 1.82) is 0 Å². The van der Waals surface area contributed by atoms with E-state index in [9.17, 15) is 9.18 Å². The van der Waals surface area contributed by atoms with E-state index in [1.165, 1.54) is 18.2 Å². The summed E-state index contributed by atoms with van der Waals surface area (Å²) < 4.78 is 13.0. The highest BCUT2D eigenvalue weighted by Crippen LogP contribution is 2.33. The summed E-state index contributed by atoms with van der Waals surface area (Å²) in [6.07, 6.45) is 7.50. The Labute approximate surface area is 140 Å². The molecule has 0 N–H and O–H groups in total. The first-order chi connectivity index (χ1) is 11.5. The lowest BCUT2D eigenvalue weighted by Gasteiger charge is -2.40. The van der Waals surface area contributed by atoms with Gasteiger partial charge in [-0.25, -0.2) is 14.4 Å². The van der Waals surface area contributed by atoms with Crippen LogP contribution >= 0.6 is 0 Å². The average Bonchev–Trinajstić information content (AvgIpc) is 2.54. The molecule has 1 aliphatic rings. The number of benzene rings is 1. The van der Waals surface area contributed by atoms with Crippen LogP contribution in [-0.2, 0) is 4.79 Å². The number of nitrogens with zero attached hydrogens (tertiary/aromatic N) is 4. The fourth-order valence-electron chi connectivity index (χ4n) is 2.59. The molecule has 1 fully saturated rings. The second-order valence-electron chi connectivity index (χ2n) is 5.93. The molecule has 0 radical (unpaired) electrons. The number of likely N-dealkylation sites (tertiary alicyclic amines) is 1. The summed E-state index contributed by atoms with van der Waals surface area (Å²) in [5, 5.41) is 0. The second kappa shape index (κ2) is 6.78. The van der Waals surface area contributed by atoms with E-state index >= 15 is 0 Å². The smallest absolute Gasteiger partial charge is 0.247 e. The first-order valence-corrected chi connectivity index (χ1v) is 7.78. The Hall–Kier alpha value is -2.76. The summed E-state index contributed by atoms with van der Waals surface area (Å²) in [7, 11) is 3.74. The van der Waals surface area contributed by atoms with E-state index in [4.69, 9.17) is 0 Å². The SMILES string of the molecule is CN(C)c1ncc(C=CC(=O)N2CCC2c2ccc(F)cc2)cn1. The molecule has 1 unspecified atom stereocenters. The minimum Gasteiger partial charge on any atom is -0.347 e. The van der Waals surface area contributed by atoms with Crippen LogP contribution in [0.25, 0.3) is 6.08 Å². The summed E-state index contributed by atoms with van der Waals surface area (Å²) in [5.74, 6) is 0.293. The van der Waals surface area contributed by atoms with Crippen molar-refractivity contribution in [3.05, 3.63) is 59.7 Å². The Bertz CT molecular complexity index is 741. The van der Waals surface area contributed by atoms with Gasteiger partial charge in [-0.1, -0.05) is 12.1 Å².